The van der Waals surface area contributed by atoms with Gasteiger partial charge in [-0.15, -0.1) is 0 Å². The van der Waals surface area contributed by atoms with E-state index in [9.17, 15) is 18.7 Å². The summed E-state index contributed by atoms with van der Waals surface area (Å²) < 4.78 is 26.0. The van der Waals surface area contributed by atoms with Crippen molar-refractivity contribution in [2.24, 2.45) is 0 Å². The number of aromatic nitrogens is 1. The Bertz CT molecular complexity index is 882. The molecule has 24 heavy (non-hydrogen) atoms. The van der Waals surface area contributed by atoms with Gasteiger partial charge in [-0.25, -0.2) is 8.78 Å². The van der Waals surface area contributed by atoms with Gasteiger partial charge in [0.25, 0.3) is 5.91 Å². The number of hydrogen-bond donors (Lipinski definition) is 2. The van der Waals surface area contributed by atoms with Crippen molar-refractivity contribution in [3.8, 4) is 5.75 Å². The van der Waals surface area contributed by atoms with Crippen LogP contribution in [0.1, 0.15) is 25.2 Å². The molecule has 3 aromatic rings. The lowest BCUT2D eigenvalue weighted by atomic mass is 10.1. The van der Waals surface area contributed by atoms with Gasteiger partial charge in [-0.05, 0) is 24.3 Å². The van der Waals surface area contributed by atoms with Crippen molar-refractivity contribution in [3.05, 3.63) is 65.9 Å². The summed E-state index contributed by atoms with van der Waals surface area (Å²) in [5.74, 6) is -2.98. The van der Waals surface area contributed by atoms with Crippen LogP contribution in [0.15, 0.2) is 48.7 Å². The monoisotopic (exact) mass is 332 g/mol. The highest BCUT2D eigenvalue weighted by molar-refractivity contribution is 6.09. The molecule has 3 rings (SSSR count). The minimum atomic E-state index is -1.07. The highest BCUT2D eigenvalue weighted by Crippen LogP contribution is 2.27. The molecule has 0 fully saturated rings. The molecule has 1 aromatic heterocycles. The quantitative estimate of drug-likeness (QED) is 0.712. The van der Waals surface area contributed by atoms with E-state index in [-0.39, 0.29) is 31.9 Å². The number of carbonyl (C=O) groups is 1. The number of nitrogens with one attached hydrogen (secondary N) is 1. The Kier molecular flexibility index (Phi) is 5.95. The van der Waals surface area contributed by atoms with Gasteiger partial charge in [-0.2, -0.15) is 0 Å². The molecule has 0 bridgehead atoms. The summed E-state index contributed by atoms with van der Waals surface area (Å²) in [7, 11) is 0. The van der Waals surface area contributed by atoms with Gasteiger partial charge in [0.15, 0.2) is 17.4 Å². The Labute approximate surface area is 138 Å². The van der Waals surface area contributed by atoms with Crippen LogP contribution in [0.3, 0.4) is 0 Å². The highest BCUT2D eigenvalue weighted by atomic mass is 19.2. The molecule has 0 radical (unpaired) electrons. The second-order valence-corrected chi connectivity index (χ2v) is 4.62. The van der Waals surface area contributed by atoms with E-state index in [2.05, 4.69) is 10.3 Å². The van der Waals surface area contributed by atoms with Gasteiger partial charge in [0.1, 0.15) is 5.52 Å². The van der Waals surface area contributed by atoms with Crippen molar-refractivity contribution in [2.45, 2.75) is 14.9 Å². The number of pyridine rings is 1. The van der Waals surface area contributed by atoms with E-state index < -0.39 is 17.5 Å². The number of phenols is 1. The summed E-state index contributed by atoms with van der Waals surface area (Å²) in [4.78, 5) is 16.2. The fraction of sp³-hybridized carbons (Fsp3) is 0.111. The molecule has 4 nitrogen and oxygen atoms in total. The summed E-state index contributed by atoms with van der Waals surface area (Å²) in [5, 5.41) is 13.2. The third-order valence-electron chi connectivity index (χ3n) is 3.17. The van der Waals surface area contributed by atoms with Crippen LogP contribution >= 0.6 is 0 Å². The topological polar surface area (TPSA) is 62.2 Å². The van der Waals surface area contributed by atoms with Gasteiger partial charge >= 0.3 is 0 Å². The van der Waals surface area contributed by atoms with Gasteiger partial charge in [-0.1, -0.05) is 27.0 Å². The predicted molar refractivity (Wildman–Crippen MR) is 91.2 cm³/mol. The number of amides is 1. The third kappa shape index (κ3) is 3.48. The zero-order valence-electron chi connectivity index (χ0n) is 11.2. The average molecular weight is 332 g/mol. The third-order valence-corrected chi connectivity index (χ3v) is 3.17. The van der Waals surface area contributed by atoms with Gasteiger partial charge in [0.05, 0.1) is 5.56 Å². The number of rotatable bonds is 2. The molecule has 1 heterocycles. The highest BCUT2D eigenvalue weighted by Gasteiger charge is 2.15. The summed E-state index contributed by atoms with van der Waals surface area (Å²) >= 11 is 0. The van der Waals surface area contributed by atoms with E-state index in [1.165, 1.54) is 18.3 Å². The molecule has 1 amide bonds. The molecule has 0 aliphatic heterocycles. The summed E-state index contributed by atoms with van der Waals surface area (Å²) in [6.45, 7) is 0. The molecule has 0 saturated carbocycles. The summed E-state index contributed by atoms with van der Waals surface area (Å²) in [6.07, 6.45) is 1.50. The summed E-state index contributed by atoms with van der Waals surface area (Å²) in [5.41, 5.74) is 0.376. The first-order valence-corrected chi connectivity index (χ1v) is 6.39. The van der Waals surface area contributed by atoms with Gasteiger partial charge in [0, 0.05) is 23.3 Å². The number of halogens is 2. The van der Waals surface area contributed by atoms with E-state index in [4.69, 9.17) is 0 Å². The molecule has 0 spiro atoms. The van der Waals surface area contributed by atoms with Crippen molar-refractivity contribution >= 4 is 22.5 Å². The van der Waals surface area contributed by atoms with Crippen LogP contribution in [-0.2, 0) is 0 Å². The minimum Gasteiger partial charge on any atom is -0.505 e. The predicted octanol–water partition coefficient (Wildman–Crippen LogP) is 4.74. The maximum Gasteiger partial charge on any atom is 0.259 e. The van der Waals surface area contributed by atoms with Crippen molar-refractivity contribution in [2.75, 3.05) is 5.32 Å². The van der Waals surface area contributed by atoms with Crippen LogP contribution in [-0.4, -0.2) is 16.0 Å². The Morgan fingerprint density at radius 1 is 1.04 bits per heavy atom. The molecule has 0 saturated heterocycles. The second-order valence-electron chi connectivity index (χ2n) is 4.62. The molecule has 2 aromatic carbocycles. The maximum atomic E-state index is 13.1. The SMILES string of the molecule is C.C.O=C(Nc1ccc(F)c(F)c1)c1ccc2cccnc2c1O. The largest absolute Gasteiger partial charge is 0.505 e. The number of hydrogen-bond acceptors (Lipinski definition) is 3. The zero-order chi connectivity index (χ0) is 15.7. The van der Waals surface area contributed by atoms with E-state index in [1.54, 1.807) is 18.2 Å². The number of phenolic OH excluding ortho intramolecular Hbond substituents is 1. The summed E-state index contributed by atoms with van der Waals surface area (Å²) in [6, 6.07) is 9.54. The molecule has 0 aliphatic carbocycles. The second kappa shape index (κ2) is 7.50. The first kappa shape index (κ1) is 19.0. The van der Waals surface area contributed by atoms with Crippen LogP contribution in [0.2, 0.25) is 0 Å². The number of aromatic hydroxyl groups is 1. The minimum absolute atomic E-state index is 0. The van der Waals surface area contributed by atoms with E-state index in [0.29, 0.717) is 10.9 Å². The smallest absolute Gasteiger partial charge is 0.259 e. The Morgan fingerprint density at radius 3 is 2.50 bits per heavy atom. The van der Waals surface area contributed by atoms with Gasteiger partial charge < -0.3 is 10.4 Å². The van der Waals surface area contributed by atoms with E-state index >= 15 is 0 Å². The Hall–Kier alpha value is -3.02. The normalized spacial score (nSPS) is 9.75. The van der Waals surface area contributed by atoms with Crippen LogP contribution in [0, 0.1) is 11.6 Å². The molecule has 0 aliphatic rings. The maximum absolute atomic E-state index is 13.1. The van der Waals surface area contributed by atoms with Gasteiger partial charge in [0.2, 0.25) is 0 Å². The van der Waals surface area contributed by atoms with Gasteiger partial charge in [-0.3, -0.25) is 9.78 Å². The lowest BCUT2D eigenvalue weighted by Gasteiger charge is -2.08. The molecular weight excluding hydrogens is 314 g/mol. The lowest BCUT2D eigenvalue weighted by Crippen LogP contribution is -2.12. The molecule has 0 atom stereocenters. The number of carbonyl (C=O) groups excluding carboxylic acids is 1. The molecule has 6 heteroatoms. The van der Waals surface area contributed by atoms with Crippen LogP contribution in [0.25, 0.3) is 10.9 Å². The number of benzene rings is 2. The van der Waals surface area contributed by atoms with Crippen molar-refractivity contribution in [1.82, 2.24) is 4.98 Å². The van der Waals surface area contributed by atoms with Crippen LogP contribution < -0.4 is 5.32 Å². The Balaban J connectivity index is 0.00000144. The first-order valence-electron chi connectivity index (χ1n) is 6.39. The average Bonchev–Trinajstić information content (AvgIpc) is 2.51. The number of fused-ring (bicyclic) bond motifs is 1. The van der Waals surface area contributed by atoms with E-state index in [0.717, 1.165) is 12.1 Å². The molecule has 0 unspecified atom stereocenters. The standard InChI is InChI=1S/C16H10F2N2O2.2CH4/c17-12-6-4-10(8-13(12)18)20-16(22)11-5-3-9-2-1-7-19-14(9)15(11)21;;/h1-8,21H,(H,20,22);2*1H4. The lowest BCUT2D eigenvalue weighted by molar-refractivity contribution is 0.102. The molecule has 126 valence electrons. The fourth-order valence-corrected chi connectivity index (χ4v) is 2.09. The molecular formula is C18H18F2N2O2. The van der Waals surface area contributed by atoms with Crippen molar-refractivity contribution in [3.63, 3.8) is 0 Å². The Morgan fingerprint density at radius 2 is 1.79 bits per heavy atom. The van der Waals surface area contributed by atoms with E-state index in [1.807, 2.05) is 0 Å². The van der Waals surface area contributed by atoms with Crippen molar-refractivity contribution in [1.29, 1.82) is 0 Å². The molecule has 2 N–H and O–H groups in total. The van der Waals surface area contributed by atoms with Crippen LogP contribution in [0.4, 0.5) is 14.5 Å². The first-order chi connectivity index (χ1) is 10.6. The number of nitrogens with zero attached hydrogens (tertiary/aromatic N) is 1. The zero-order valence-corrected chi connectivity index (χ0v) is 11.2. The fourth-order valence-electron chi connectivity index (χ4n) is 2.09. The number of anilines is 1. The van der Waals surface area contributed by atoms with Crippen molar-refractivity contribution < 1.29 is 18.7 Å². The van der Waals surface area contributed by atoms with Crippen LogP contribution in [0.5, 0.6) is 5.75 Å².